The topological polar surface area (TPSA) is 56.8 Å². The lowest BCUT2D eigenvalue weighted by atomic mass is 10.2. The molecule has 0 saturated heterocycles. The van der Waals surface area contributed by atoms with Crippen LogP contribution in [0.4, 0.5) is 5.69 Å². The van der Waals surface area contributed by atoms with Gasteiger partial charge in [-0.3, -0.25) is 4.79 Å². The smallest absolute Gasteiger partial charge is 0.262 e. The van der Waals surface area contributed by atoms with Gasteiger partial charge in [0.15, 0.2) is 6.61 Å². The van der Waals surface area contributed by atoms with Crippen LogP contribution < -0.4 is 14.8 Å². The van der Waals surface area contributed by atoms with Gasteiger partial charge < -0.3 is 19.5 Å². The Kier molecular flexibility index (Phi) is 7.08. The molecule has 0 atom stereocenters. The van der Waals surface area contributed by atoms with E-state index < -0.39 is 0 Å². The second kappa shape index (κ2) is 9.30. The van der Waals surface area contributed by atoms with Crippen molar-refractivity contribution < 1.29 is 19.0 Å². The minimum atomic E-state index is -0.217. The SMILES string of the molecule is COCCOc1ccc(NC(=O)COc2ccc(Br)cc2C)cc1. The van der Waals surface area contributed by atoms with Crippen LogP contribution in [0.2, 0.25) is 0 Å². The molecule has 2 rings (SSSR count). The Labute approximate surface area is 150 Å². The average molecular weight is 394 g/mol. The van der Waals surface area contributed by atoms with Crippen LogP contribution in [0.1, 0.15) is 5.56 Å². The number of anilines is 1. The minimum Gasteiger partial charge on any atom is -0.491 e. The van der Waals surface area contributed by atoms with E-state index in [1.54, 1.807) is 31.4 Å². The van der Waals surface area contributed by atoms with Crippen molar-refractivity contribution in [3.63, 3.8) is 0 Å². The Morgan fingerprint density at radius 3 is 2.50 bits per heavy atom. The van der Waals surface area contributed by atoms with Gasteiger partial charge in [-0.05, 0) is 55.0 Å². The molecular weight excluding hydrogens is 374 g/mol. The average Bonchev–Trinajstić information content (AvgIpc) is 2.56. The van der Waals surface area contributed by atoms with E-state index in [1.165, 1.54) is 0 Å². The van der Waals surface area contributed by atoms with Crippen LogP contribution in [-0.4, -0.2) is 32.8 Å². The fourth-order valence-corrected chi connectivity index (χ4v) is 2.47. The molecule has 2 aromatic carbocycles. The fourth-order valence-electron chi connectivity index (χ4n) is 1.99. The van der Waals surface area contributed by atoms with Gasteiger partial charge in [-0.1, -0.05) is 15.9 Å². The summed E-state index contributed by atoms with van der Waals surface area (Å²) in [6.07, 6.45) is 0. The molecule has 6 heteroatoms. The summed E-state index contributed by atoms with van der Waals surface area (Å²) in [5.41, 5.74) is 1.66. The number of hydrogen-bond acceptors (Lipinski definition) is 4. The molecule has 0 bridgehead atoms. The second-order valence-corrected chi connectivity index (χ2v) is 6.03. The van der Waals surface area contributed by atoms with Crippen molar-refractivity contribution in [2.24, 2.45) is 0 Å². The van der Waals surface area contributed by atoms with Gasteiger partial charge in [0.25, 0.3) is 5.91 Å². The predicted octanol–water partition coefficient (Wildman–Crippen LogP) is 3.80. The highest BCUT2D eigenvalue weighted by atomic mass is 79.9. The van der Waals surface area contributed by atoms with Crippen molar-refractivity contribution in [3.05, 3.63) is 52.5 Å². The van der Waals surface area contributed by atoms with Crippen molar-refractivity contribution >= 4 is 27.5 Å². The number of halogens is 1. The van der Waals surface area contributed by atoms with E-state index >= 15 is 0 Å². The van der Waals surface area contributed by atoms with Crippen molar-refractivity contribution in [1.82, 2.24) is 0 Å². The van der Waals surface area contributed by atoms with Gasteiger partial charge in [-0.2, -0.15) is 0 Å². The zero-order chi connectivity index (χ0) is 17.4. The highest BCUT2D eigenvalue weighted by Crippen LogP contribution is 2.22. The summed E-state index contributed by atoms with van der Waals surface area (Å²) in [7, 11) is 1.62. The highest BCUT2D eigenvalue weighted by molar-refractivity contribution is 9.10. The normalized spacial score (nSPS) is 10.3. The summed E-state index contributed by atoms with van der Waals surface area (Å²) < 4.78 is 16.9. The molecule has 0 radical (unpaired) electrons. The van der Waals surface area contributed by atoms with E-state index in [4.69, 9.17) is 14.2 Å². The van der Waals surface area contributed by atoms with E-state index in [0.29, 0.717) is 24.7 Å². The Morgan fingerprint density at radius 1 is 1.08 bits per heavy atom. The van der Waals surface area contributed by atoms with Gasteiger partial charge in [0, 0.05) is 17.3 Å². The van der Waals surface area contributed by atoms with Crippen LogP contribution in [0, 0.1) is 6.92 Å². The molecule has 0 spiro atoms. The van der Waals surface area contributed by atoms with Crippen LogP contribution in [-0.2, 0) is 9.53 Å². The van der Waals surface area contributed by atoms with Crippen LogP contribution in [0.15, 0.2) is 46.9 Å². The Morgan fingerprint density at radius 2 is 1.83 bits per heavy atom. The van der Waals surface area contributed by atoms with Crippen LogP contribution in [0.5, 0.6) is 11.5 Å². The first-order valence-electron chi connectivity index (χ1n) is 7.49. The number of rotatable bonds is 8. The molecule has 0 saturated carbocycles. The Balaban J connectivity index is 1.81. The molecule has 2 aromatic rings. The highest BCUT2D eigenvalue weighted by Gasteiger charge is 2.06. The lowest BCUT2D eigenvalue weighted by molar-refractivity contribution is -0.118. The van der Waals surface area contributed by atoms with E-state index in [-0.39, 0.29) is 12.5 Å². The maximum atomic E-state index is 12.0. The van der Waals surface area contributed by atoms with E-state index in [1.807, 2.05) is 25.1 Å². The summed E-state index contributed by atoms with van der Waals surface area (Å²) >= 11 is 3.39. The number of hydrogen-bond donors (Lipinski definition) is 1. The van der Waals surface area contributed by atoms with Gasteiger partial charge in [-0.25, -0.2) is 0 Å². The molecule has 0 aliphatic rings. The zero-order valence-electron chi connectivity index (χ0n) is 13.7. The third-order valence-corrected chi connectivity index (χ3v) is 3.68. The molecule has 128 valence electrons. The van der Waals surface area contributed by atoms with Crippen molar-refractivity contribution in [2.45, 2.75) is 6.92 Å². The molecule has 5 nitrogen and oxygen atoms in total. The number of carbonyl (C=O) groups excluding carboxylic acids is 1. The molecule has 0 unspecified atom stereocenters. The summed E-state index contributed by atoms with van der Waals surface area (Å²) in [6, 6.07) is 12.8. The largest absolute Gasteiger partial charge is 0.491 e. The quantitative estimate of drug-likeness (QED) is 0.692. The molecule has 0 aromatic heterocycles. The Bertz CT molecular complexity index is 673. The number of aryl methyl sites for hydroxylation is 1. The zero-order valence-corrected chi connectivity index (χ0v) is 15.3. The summed E-state index contributed by atoms with van der Waals surface area (Å²) in [5, 5.41) is 2.78. The number of methoxy groups -OCH3 is 1. The molecule has 0 fully saturated rings. The van der Waals surface area contributed by atoms with Gasteiger partial charge in [0.2, 0.25) is 0 Å². The molecule has 1 amide bonds. The summed E-state index contributed by atoms with van der Waals surface area (Å²) in [4.78, 5) is 12.0. The number of nitrogens with one attached hydrogen (secondary N) is 1. The van der Waals surface area contributed by atoms with Crippen molar-refractivity contribution in [1.29, 1.82) is 0 Å². The Hall–Kier alpha value is -2.05. The maximum absolute atomic E-state index is 12.0. The van der Waals surface area contributed by atoms with Gasteiger partial charge >= 0.3 is 0 Å². The van der Waals surface area contributed by atoms with Gasteiger partial charge in [0.1, 0.15) is 18.1 Å². The maximum Gasteiger partial charge on any atom is 0.262 e. The first-order valence-corrected chi connectivity index (χ1v) is 8.28. The fraction of sp³-hybridized carbons (Fsp3) is 0.278. The number of carbonyl (C=O) groups is 1. The van der Waals surface area contributed by atoms with Gasteiger partial charge in [0.05, 0.1) is 6.61 Å². The number of ether oxygens (including phenoxy) is 3. The third-order valence-electron chi connectivity index (χ3n) is 3.19. The van der Waals surface area contributed by atoms with Crippen molar-refractivity contribution in [2.75, 3.05) is 32.2 Å². The van der Waals surface area contributed by atoms with Crippen LogP contribution in [0.25, 0.3) is 0 Å². The summed E-state index contributed by atoms with van der Waals surface area (Å²) in [5.74, 6) is 1.20. The van der Waals surface area contributed by atoms with E-state index in [2.05, 4.69) is 21.2 Å². The van der Waals surface area contributed by atoms with Crippen molar-refractivity contribution in [3.8, 4) is 11.5 Å². The van der Waals surface area contributed by atoms with Crippen LogP contribution in [0.3, 0.4) is 0 Å². The lowest BCUT2D eigenvalue weighted by Gasteiger charge is -2.10. The van der Waals surface area contributed by atoms with E-state index in [9.17, 15) is 4.79 Å². The number of benzene rings is 2. The molecule has 1 N–H and O–H groups in total. The third kappa shape index (κ3) is 5.86. The second-order valence-electron chi connectivity index (χ2n) is 5.11. The first kappa shape index (κ1) is 18.3. The molecule has 0 aliphatic heterocycles. The predicted molar refractivity (Wildman–Crippen MR) is 96.8 cm³/mol. The molecule has 0 heterocycles. The standard InChI is InChI=1S/C18H20BrNO4/c1-13-11-14(19)3-8-17(13)24-12-18(21)20-15-4-6-16(7-5-15)23-10-9-22-2/h3-8,11H,9-10,12H2,1-2H3,(H,20,21). The van der Waals surface area contributed by atoms with Crippen LogP contribution >= 0.6 is 15.9 Å². The minimum absolute atomic E-state index is 0.0471. The number of amides is 1. The molecular formula is C18H20BrNO4. The van der Waals surface area contributed by atoms with Gasteiger partial charge in [-0.15, -0.1) is 0 Å². The molecule has 24 heavy (non-hydrogen) atoms. The lowest BCUT2D eigenvalue weighted by Crippen LogP contribution is -2.20. The summed E-state index contributed by atoms with van der Waals surface area (Å²) in [6.45, 7) is 2.91. The first-order chi connectivity index (χ1) is 11.6. The monoisotopic (exact) mass is 393 g/mol. The van der Waals surface area contributed by atoms with E-state index in [0.717, 1.165) is 15.8 Å². The molecule has 0 aliphatic carbocycles.